The largest absolute Gasteiger partial charge is 0.481 e. The van der Waals surface area contributed by atoms with E-state index in [9.17, 15) is 14.7 Å². The standard InChI is InChI=1S/C19H23N3O3/c23-17(20-14-19(18(24)25)9-5-2-6-10-19)16-11-21-22(13-16)12-15-7-3-1-4-8-15/h1,3-4,7-8,11,13H,2,5-6,9-10,12,14H2,(H,20,23)(H,24,25). The molecular formula is C19H23N3O3. The molecule has 0 unspecified atom stereocenters. The van der Waals surface area contributed by atoms with Crippen LogP contribution in [-0.2, 0) is 11.3 Å². The predicted molar refractivity (Wildman–Crippen MR) is 93.3 cm³/mol. The van der Waals surface area contributed by atoms with Crippen molar-refractivity contribution in [2.45, 2.75) is 38.6 Å². The van der Waals surface area contributed by atoms with E-state index < -0.39 is 11.4 Å². The zero-order chi connectivity index (χ0) is 17.7. The molecule has 0 saturated heterocycles. The molecule has 2 aromatic rings. The number of rotatable bonds is 6. The van der Waals surface area contributed by atoms with Gasteiger partial charge in [0, 0.05) is 12.7 Å². The van der Waals surface area contributed by atoms with E-state index >= 15 is 0 Å². The highest BCUT2D eigenvalue weighted by atomic mass is 16.4. The third-order valence-corrected chi connectivity index (χ3v) is 4.93. The quantitative estimate of drug-likeness (QED) is 0.846. The van der Waals surface area contributed by atoms with Crippen molar-refractivity contribution in [3.05, 3.63) is 53.9 Å². The Morgan fingerprint density at radius 1 is 1.16 bits per heavy atom. The van der Waals surface area contributed by atoms with E-state index in [1.807, 2.05) is 30.3 Å². The van der Waals surface area contributed by atoms with Crippen molar-refractivity contribution in [2.75, 3.05) is 6.54 Å². The lowest BCUT2D eigenvalue weighted by atomic mass is 9.74. The molecule has 1 aromatic carbocycles. The molecule has 1 aliphatic rings. The number of hydrogen-bond acceptors (Lipinski definition) is 3. The van der Waals surface area contributed by atoms with Gasteiger partial charge in [-0.05, 0) is 18.4 Å². The zero-order valence-corrected chi connectivity index (χ0v) is 14.1. The third-order valence-electron chi connectivity index (χ3n) is 4.93. The van der Waals surface area contributed by atoms with Crippen LogP contribution in [0.4, 0.5) is 0 Å². The molecule has 0 aliphatic heterocycles. The number of carboxylic acid groups (broad SMARTS) is 1. The van der Waals surface area contributed by atoms with Gasteiger partial charge in [0.2, 0.25) is 0 Å². The van der Waals surface area contributed by atoms with Gasteiger partial charge in [-0.3, -0.25) is 14.3 Å². The highest BCUT2D eigenvalue weighted by molar-refractivity contribution is 5.94. The summed E-state index contributed by atoms with van der Waals surface area (Å²) in [5.74, 6) is -1.09. The van der Waals surface area contributed by atoms with Gasteiger partial charge < -0.3 is 10.4 Å². The molecule has 3 rings (SSSR count). The Morgan fingerprint density at radius 2 is 1.88 bits per heavy atom. The Kier molecular flexibility index (Phi) is 5.16. The fourth-order valence-electron chi connectivity index (χ4n) is 3.38. The van der Waals surface area contributed by atoms with Crippen molar-refractivity contribution in [1.82, 2.24) is 15.1 Å². The SMILES string of the molecule is O=C(NCC1(C(=O)O)CCCCC1)c1cnn(Cc2ccccc2)c1. The van der Waals surface area contributed by atoms with Crippen molar-refractivity contribution in [3.63, 3.8) is 0 Å². The Bertz CT molecular complexity index is 733. The first-order chi connectivity index (χ1) is 12.1. The van der Waals surface area contributed by atoms with Crippen LogP contribution >= 0.6 is 0 Å². The van der Waals surface area contributed by atoms with E-state index in [0.717, 1.165) is 24.8 Å². The van der Waals surface area contributed by atoms with Crippen molar-refractivity contribution in [2.24, 2.45) is 5.41 Å². The number of carboxylic acids is 1. The minimum absolute atomic E-state index is 0.172. The minimum atomic E-state index is -0.825. The molecule has 0 radical (unpaired) electrons. The second kappa shape index (κ2) is 7.51. The first-order valence-corrected chi connectivity index (χ1v) is 8.67. The Labute approximate surface area is 146 Å². The highest BCUT2D eigenvalue weighted by Crippen LogP contribution is 2.36. The number of nitrogens with zero attached hydrogens (tertiary/aromatic N) is 2. The molecule has 1 saturated carbocycles. The first kappa shape index (κ1) is 17.2. The summed E-state index contributed by atoms with van der Waals surface area (Å²) >= 11 is 0. The molecule has 1 amide bonds. The second-order valence-corrected chi connectivity index (χ2v) is 6.74. The molecule has 1 heterocycles. The van der Waals surface area contributed by atoms with Crippen LogP contribution in [0.5, 0.6) is 0 Å². The molecule has 132 valence electrons. The number of amides is 1. The number of aromatic nitrogens is 2. The number of hydrogen-bond donors (Lipinski definition) is 2. The molecule has 2 N–H and O–H groups in total. The summed E-state index contributed by atoms with van der Waals surface area (Å²) < 4.78 is 1.71. The first-order valence-electron chi connectivity index (χ1n) is 8.67. The van der Waals surface area contributed by atoms with Crippen molar-refractivity contribution < 1.29 is 14.7 Å². The van der Waals surface area contributed by atoms with Crippen molar-refractivity contribution in [1.29, 1.82) is 0 Å². The normalized spacial score (nSPS) is 16.3. The van der Waals surface area contributed by atoms with Crippen LogP contribution in [0.25, 0.3) is 0 Å². The second-order valence-electron chi connectivity index (χ2n) is 6.74. The summed E-state index contributed by atoms with van der Waals surface area (Å²) in [6, 6.07) is 9.88. The molecule has 0 bridgehead atoms. The van der Waals surface area contributed by atoms with Crippen LogP contribution < -0.4 is 5.32 Å². The molecular weight excluding hydrogens is 318 g/mol. The highest BCUT2D eigenvalue weighted by Gasteiger charge is 2.39. The summed E-state index contributed by atoms with van der Waals surface area (Å²) in [6.45, 7) is 0.762. The van der Waals surface area contributed by atoms with Gasteiger partial charge in [-0.25, -0.2) is 0 Å². The molecule has 25 heavy (non-hydrogen) atoms. The lowest BCUT2D eigenvalue weighted by Crippen LogP contribution is -2.44. The van der Waals surface area contributed by atoms with E-state index in [0.29, 0.717) is 24.9 Å². The van der Waals surface area contributed by atoms with Gasteiger partial charge in [0.1, 0.15) is 0 Å². The number of nitrogens with one attached hydrogen (secondary N) is 1. The molecule has 6 nitrogen and oxygen atoms in total. The topological polar surface area (TPSA) is 84.2 Å². The summed E-state index contributed by atoms with van der Waals surface area (Å²) in [7, 11) is 0. The summed E-state index contributed by atoms with van der Waals surface area (Å²) in [5.41, 5.74) is 0.727. The minimum Gasteiger partial charge on any atom is -0.481 e. The maximum absolute atomic E-state index is 12.4. The van der Waals surface area contributed by atoms with E-state index in [2.05, 4.69) is 10.4 Å². The van der Waals surface area contributed by atoms with E-state index in [4.69, 9.17) is 0 Å². The Hall–Kier alpha value is -2.63. The summed E-state index contributed by atoms with van der Waals surface area (Å²) in [6.07, 6.45) is 7.32. The molecule has 0 atom stereocenters. The fraction of sp³-hybridized carbons (Fsp3) is 0.421. The molecule has 6 heteroatoms. The van der Waals surface area contributed by atoms with Crippen LogP contribution in [0.3, 0.4) is 0 Å². The molecule has 1 fully saturated rings. The molecule has 0 spiro atoms. The smallest absolute Gasteiger partial charge is 0.311 e. The van der Waals surface area contributed by atoms with Gasteiger partial charge in [0.15, 0.2) is 0 Å². The average Bonchev–Trinajstić information content (AvgIpc) is 3.10. The molecule has 1 aromatic heterocycles. The van der Waals surface area contributed by atoms with Crippen LogP contribution in [0.2, 0.25) is 0 Å². The summed E-state index contributed by atoms with van der Waals surface area (Å²) in [4.78, 5) is 24.0. The van der Waals surface area contributed by atoms with E-state index in [-0.39, 0.29) is 12.5 Å². The van der Waals surface area contributed by atoms with Gasteiger partial charge in [-0.1, -0.05) is 49.6 Å². The number of carbonyl (C=O) groups is 2. The average molecular weight is 341 g/mol. The lowest BCUT2D eigenvalue weighted by molar-refractivity contribution is -0.150. The summed E-state index contributed by atoms with van der Waals surface area (Å²) in [5, 5.41) is 16.6. The van der Waals surface area contributed by atoms with E-state index in [1.165, 1.54) is 6.20 Å². The van der Waals surface area contributed by atoms with Crippen molar-refractivity contribution in [3.8, 4) is 0 Å². The van der Waals surface area contributed by atoms with E-state index in [1.54, 1.807) is 10.9 Å². The third kappa shape index (κ3) is 4.07. The number of benzene rings is 1. The monoisotopic (exact) mass is 341 g/mol. The van der Waals surface area contributed by atoms with Crippen LogP contribution in [-0.4, -0.2) is 33.3 Å². The van der Waals surface area contributed by atoms with Gasteiger partial charge in [0.25, 0.3) is 5.91 Å². The lowest BCUT2D eigenvalue weighted by Gasteiger charge is -2.33. The fourth-order valence-corrected chi connectivity index (χ4v) is 3.38. The Morgan fingerprint density at radius 3 is 2.56 bits per heavy atom. The Balaban J connectivity index is 1.61. The van der Waals surface area contributed by atoms with Crippen LogP contribution in [0.15, 0.2) is 42.7 Å². The van der Waals surface area contributed by atoms with Gasteiger partial charge in [-0.15, -0.1) is 0 Å². The number of aliphatic carboxylic acids is 1. The zero-order valence-electron chi connectivity index (χ0n) is 14.1. The molecule has 1 aliphatic carbocycles. The van der Waals surface area contributed by atoms with Crippen LogP contribution in [0.1, 0.15) is 48.0 Å². The van der Waals surface area contributed by atoms with Gasteiger partial charge in [-0.2, -0.15) is 5.10 Å². The van der Waals surface area contributed by atoms with Crippen molar-refractivity contribution >= 4 is 11.9 Å². The van der Waals surface area contributed by atoms with Gasteiger partial charge in [0.05, 0.1) is 23.7 Å². The van der Waals surface area contributed by atoms with Gasteiger partial charge >= 0.3 is 5.97 Å². The maximum atomic E-state index is 12.4. The number of carbonyl (C=O) groups excluding carboxylic acids is 1. The maximum Gasteiger partial charge on any atom is 0.311 e. The predicted octanol–water partition coefficient (Wildman–Crippen LogP) is 2.70. The van der Waals surface area contributed by atoms with Crippen LogP contribution in [0, 0.1) is 5.41 Å².